The zero-order valence-electron chi connectivity index (χ0n) is 11.9. The van der Waals surface area contributed by atoms with Crippen LogP contribution in [-0.2, 0) is 11.3 Å². The van der Waals surface area contributed by atoms with E-state index in [-0.39, 0.29) is 5.91 Å². The molecule has 0 bridgehead atoms. The molecule has 1 amide bonds. The Morgan fingerprint density at radius 2 is 1.70 bits per heavy atom. The third kappa shape index (κ3) is 4.09. The number of nitrogens with one attached hydrogen (secondary N) is 1. The van der Waals surface area contributed by atoms with Crippen molar-refractivity contribution in [1.82, 2.24) is 5.32 Å². The Balaban J connectivity index is 1.94. The van der Waals surface area contributed by atoms with Crippen molar-refractivity contribution in [3.05, 3.63) is 76.9 Å². The minimum Gasteiger partial charge on any atom is -0.348 e. The minimum absolute atomic E-state index is 0.0329. The van der Waals surface area contributed by atoms with E-state index in [0.717, 1.165) is 11.1 Å². The van der Waals surface area contributed by atoms with Crippen LogP contribution in [0.5, 0.6) is 0 Å². The Labute approximate surface area is 120 Å². The summed E-state index contributed by atoms with van der Waals surface area (Å²) >= 11 is 0. The first-order chi connectivity index (χ1) is 9.65. The second kappa shape index (κ2) is 6.71. The minimum atomic E-state index is -0.0329. The lowest BCUT2D eigenvalue weighted by Crippen LogP contribution is -2.23. The van der Waals surface area contributed by atoms with Crippen LogP contribution in [0.1, 0.15) is 23.6 Å². The van der Waals surface area contributed by atoms with Gasteiger partial charge in [0.05, 0.1) is 0 Å². The standard InChI is InChI=1S/C18H19NO/c1-14-8-10-17(11-9-14)13-19-18(20)15(2)12-16-6-4-3-5-7-16/h3-12H,13H2,1-2H3,(H,19,20)/b15-12+. The van der Waals surface area contributed by atoms with Gasteiger partial charge in [0.25, 0.3) is 0 Å². The summed E-state index contributed by atoms with van der Waals surface area (Å²) in [6.07, 6.45) is 1.89. The van der Waals surface area contributed by atoms with Crippen LogP contribution in [0.3, 0.4) is 0 Å². The molecule has 0 aliphatic heterocycles. The summed E-state index contributed by atoms with van der Waals surface area (Å²) in [7, 11) is 0. The van der Waals surface area contributed by atoms with Crippen molar-refractivity contribution in [2.24, 2.45) is 0 Å². The average Bonchev–Trinajstić information content (AvgIpc) is 2.47. The number of benzene rings is 2. The largest absolute Gasteiger partial charge is 0.348 e. The Morgan fingerprint density at radius 1 is 1.05 bits per heavy atom. The quantitative estimate of drug-likeness (QED) is 0.839. The lowest BCUT2D eigenvalue weighted by molar-refractivity contribution is -0.117. The van der Waals surface area contributed by atoms with Crippen LogP contribution >= 0.6 is 0 Å². The fourth-order valence-corrected chi connectivity index (χ4v) is 1.89. The topological polar surface area (TPSA) is 29.1 Å². The Morgan fingerprint density at radius 3 is 2.35 bits per heavy atom. The fraction of sp³-hybridized carbons (Fsp3) is 0.167. The number of aryl methyl sites for hydroxylation is 1. The molecule has 2 rings (SSSR count). The lowest BCUT2D eigenvalue weighted by atomic mass is 10.1. The van der Waals surface area contributed by atoms with Crippen LogP contribution in [0.4, 0.5) is 0 Å². The second-order valence-electron chi connectivity index (χ2n) is 4.91. The molecule has 102 valence electrons. The van der Waals surface area contributed by atoms with Gasteiger partial charge in [-0.2, -0.15) is 0 Å². The molecule has 2 aromatic rings. The lowest BCUT2D eigenvalue weighted by Gasteiger charge is -2.06. The molecule has 2 aromatic carbocycles. The van der Waals surface area contributed by atoms with Gasteiger partial charge in [-0.3, -0.25) is 4.79 Å². The van der Waals surface area contributed by atoms with Crippen molar-refractivity contribution in [2.75, 3.05) is 0 Å². The zero-order chi connectivity index (χ0) is 14.4. The van der Waals surface area contributed by atoms with E-state index in [4.69, 9.17) is 0 Å². The number of rotatable bonds is 4. The van der Waals surface area contributed by atoms with Crippen LogP contribution in [0.2, 0.25) is 0 Å². The molecule has 0 saturated carbocycles. The molecule has 0 unspecified atom stereocenters. The first-order valence-electron chi connectivity index (χ1n) is 6.72. The van der Waals surface area contributed by atoms with E-state index in [2.05, 4.69) is 12.2 Å². The summed E-state index contributed by atoms with van der Waals surface area (Å²) in [5.41, 5.74) is 4.08. The van der Waals surface area contributed by atoms with Gasteiger partial charge in [-0.15, -0.1) is 0 Å². The third-order valence-corrected chi connectivity index (χ3v) is 3.11. The highest BCUT2D eigenvalue weighted by Gasteiger charge is 2.03. The number of amides is 1. The van der Waals surface area contributed by atoms with Crippen LogP contribution < -0.4 is 5.32 Å². The van der Waals surface area contributed by atoms with E-state index in [1.165, 1.54) is 5.56 Å². The molecule has 0 aliphatic carbocycles. The average molecular weight is 265 g/mol. The first-order valence-corrected chi connectivity index (χ1v) is 6.72. The summed E-state index contributed by atoms with van der Waals surface area (Å²) in [5.74, 6) is -0.0329. The molecule has 0 aliphatic rings. The van der Waals surface area contributed by atoms with Crippen molar-refractivity contribution < 1.29 is 4.79 Å². The molecule has 0 atom stereocenters. The number of hydrogen-bond donors (Lipinski definition) is 1. The molecule has 0 fully saturated rings. The summed E-state index contributed by atoms with van der Waals surface area (Å²) < 4.78 is 0. The maximum atomic E-state index is 12.0. The number of carbonyl (C=O) groups excluding carboxylic acids is 1. The molecule has 0 heterocycles. The highest BCUT2D eigenvalue weighted by molar-refractivity contribution is 5.97. The number of carbonyl (C=O) groups is 1. The summed E-state index contributed by atoms with van der Waals surface area (Å²) in [6, 6.07) is 18.0. The Hall–Kier alpha value is -2.35. The summed E-state index contributed by atoms with van der Waals surface area (Å²) in [4.78, 5) is 12.0. The maximum absolute atomic E-state index is 12.0. The van der Waals surface area contributed by atoms with Crippen molar-refractivity contribution >= 4 is 12.0 Å². The van der Waals surface area contributed by atoms with Gasteiger partial charge < -0.3 is 5.32 Å². The van der Waals surface area contributed by atoms with E-state index in [1.807, 2.05) is 67.6 Å². The van der Waals surface area contributed by atoms with Gasteiger partial charge in [-0.1, -0.05) is 60.2 Å². The van der Waals surface area contributed by atoms with Crippen molar-refractivity contribution in [3.63, 3.8) is 0 Å². The molecular formula is C18H19NO. The van der Waals surface area contributed by atoms with Crippen LogP contribution in [0.25, 0.3) is 6.08 Å². The predicted octanol–water partition coefficient (Wildman–Crippen LogP) is 3.71. The highest BCUT2D eigenvalue weighted by Crippen LogP contribution is 2.07. The van der Waals surface area contributed by atoms with Crippen LogP contribution in [-0.4, -0.2) is 5.91 Å². The van der Waals surface area contributed by atoms with Crippen molar-refractivity contribution in [2.45, 2.75) is 20.4 Å². The maximum Gasteiger partial charge on any atom is 0.247 e. The van der Waals surface area contributed by atoms with E-state index in [0.29, 0.717) is 12.1 Å². The number of hydrogen-bond acceptors (Lipinski definition) is 1. The van der Waals surface area contributed by atoms with E-state index in [1.54, 1.807) is 0 Å². The van der Waals surface area contributed by atoms with E-state index < -0.39 is 0 Å². The smallest absolute Gasteiger partial charge is 0.247 e. The van der Waals surface area contributed by atoms with Gasteiger partial charge in [0.15, 0.2) is 0 Å². The molecule has 0 saturated heterocycles. The SMILES string of the molecule is C/C(=C\c1ccccc1)C(=O)NCc1ccc(C)cc1. The zero-order valence-corrected chi connectivity index (χ0v) is 11.9. The molecule has 0 spiro atoms. The van der Waals surface area contributed by atoms with Crippen molar-refractivity contribution in [3.8, 4) is 0 Å². The van der Waals surface area contributed by atoms with E-state index in [9.17, 15) is 4.79 Å². The monoisotopic (exact) mass is 265 g/mol. The van der Waals surface area contributed by atoms with Crippen LogP contribution in [0.15, 0.2) is 60.2 Å². The van der Waals surface area contributed by atoms with Gasteiger partial charge in [-0.25, -0.2) is 0 Å². The highest BCUT2D eigenvalue weighted by atomic mass is 16.1. The Kier molecular flexibility index (Phi) is 4.72. The molecule has 1 N–H and O–H groups in total. The molecule has 0 radical (unpaired) electrons. The van der Waals surface area contributed by atoms with E-state index >= 15 is 0 Å². The van der Waals surface area contributed by atoms with Gasteiger partial charge in [-0.05, 0) is 31.1 Å². The van der Waals surface area contributed by atoms with Gasteiger partial charge in [0.1, 0.15) is 0 Å². The van der Waals surface area contributed by atoms with Gasteiger partial charge in [0.2, 0.25) is 5.91 Å². The van der Waals surface area contributed by atoms with Gasteiger partial charge in [0, 0.05) is 12.1 Å². The van der Waals surface area contributed by atoms with Crippen LogP contribution in [0, 0.1) is 6.92 Å². The fourth-order valence-electron chi connectivity index (χ4n) is 1.89. The summed E-state index contributed by atoms with van der Waals surface area (Å²) in [5, 5.41) is 2.93. The van der Waals surface area contributed by atoms with Gasteiger partial charge >= 0.3 is 0 Å². The molecule has 0 aromatic heterocycles. The van der Waals surface area contributed by atoms with Crippen molar-refractivity contribution in [1.29, 1.82) is 0 Å². The first kappa shape index (κ1) is 14.1. The normalized spacial score (nSPS) is 11.2. The molecular weight excluding hydrogens is 246 g/mol. The predicted molar refractivity (Wildman–Crippen MR) is 83.1 cm³/mol. The second-order valence-corrected chi connectivity index (χ2v) is 4.91. The third-order valence-electron chi connectivity index (χ3n) is 3.11. The molecule has 2 heteroatoms. The molecule has 2 nitrogen and oxygen atoms in total. The Bertz CT molecular complexity index is 597. The summed E-state index contributed by atoms with van der Waals surface area (Å²) in [6.45, 7) is 4.44. The molecule has 20 heavy (non-hydrogen) atoms.